The third-order valence-electron chi connectivity index (χ3n) is 2.67. The number of benzene rings is 1. The Morgan fingerprint density at radius 3 is 2.41 bits per heavy atom. The second-order valence-corrected chi connectivity index (χ2v) is 4.69. The molecule has 0 saturated heterocycles. The summed E-state index contributed by atoms with van der Waals surface area (Å²) in [6.45, 7) is 0. The lowest BCUT2D eigenvalue weighted by Gasteiger charge is -2.16. The van der Waals surface area contributed by atoms with Gasteiger partial charge in [0.25, 0.3) is 0 Å². The third kappa shape index (κ3) is 2.39. The Morgan fingerprint density at radius 1 is 1.18 bits per heavy atom. The standard InChI is InChI=1S/C14H16N2S/c1-15(2)10-12-9-13(16(3)14(12)17)11-7-5-4-6-8-11/h4-10H,1-3H3. The molecule has 0 N–H and O–H groups in total. The van der Waals surface area contributed by atoms with E-state index in [1.807, 2.05) is 44.2 Å². The van der Waals surface area contributed by atoms with Crippen molar-refractivity contribution in [2.24, 2.45) is 0 Å². The molecular weight excluding hydrogens is 228 g/mol. The fraction of sp³-hybridized carbons (Fsp3) is 0.214. The molecule has 0 saturated carbocycles. The molecule has 0 bridgehead atoms. The van der Waals surface area contributed by atoms with Gasteiger partial charge in [-0.25, -0.2) is 0 Å². The van der Waals surface area contributed by atoms with Gasteiger partial charge in [-0.05, 0) is 11.6 Å². The van der Waals surface area contributed by atoms with Crippen LogP contribution in [0.15, 0.2) is 48.2 Å². The summed E-state index contributed by atoms with van der Waals surface area (Å²) in [7, 11) is 6.02. The van der Waals surface area contributed by atoms with Gasteiger partial charge in [0.15, 0.2) is 0 Å². The summed E-state index contributed by atoms with van der Waals surface area (Å²) >= 11 is 5.44. The van der Waals surface area contributed by atoms with Crippen molar-refractivity contribution in [2.75, 3.05) is 21.1 Å². The minimum absolute atomic E-state index is 0.873. The topological polar surface area (TPSA) is 6.48 Å². The largest absolute Gasteiger partial charge is 0.383 e. The molecule has 0 unspecified atom stereocenters. The first-order valence-corrected chi connectivity index (χ1v) is 5.94. The van der Waals surface area contributed by atoms with Crippen LogP contribution in [0.4, 0.5) is 0 Å². The monoisotopic (exact) mass is 244 g/mol. The van der Waals surface area contributed by atoms with Gasteiger partial charge in [-0.1, -0.05) is 42.5 Å². The SMILES string of the molecule is CN(C)C=C1C=C(c2ccccc2)N(C)C1=S. The maximum Gasteiger partial charge on any atom is 0.114 e. The molecule has 1 aromatic rings. The van der Waals surface area contributed by atoms with Crippen molar-refractivity contribution in [3.05, 3.63) is 53.7 Å². The Bertz CT molecular complexity index is 486. The zero-order valence-electron chi connectivity index (χ0n) is 10.3. The van der Waals surface area contributed by atoms with Gasteiger partial charge >= 0.3 is 0 Å². The molecule has 0 atom stereocenters. The van der Waals surface area contributed by atoms with Crippen LogP contribution in [-0.4, -0.2) is 35.9 Å². The predicted octanol–water partition coefficient (Wildman–Crippen LogP) is 2.75. The molecule has 1 aromatic carbocycles. The average molecular weight is 244 g/mol. The van der Waals surface area contributed by atoms with Gasteiger partial charge < -0.3 is 9.80 Å². The van der Waals surface area contributed by atoms with Crippen molar-refractivity contribution in [3.63, 3.8) is 0 Å². The van der Waals surface area contributed by atoms with E-state index in [-0.39, 0.29) is 0 Å². The average Bonchev–Trinajstić information content (AvgIpc) is 2.58. The lowest BCUT2D eigenvalue weighted by molar-refractivity contribution is 0.562. The Labute approximate surface area is 108 Å². The van der Waals surface area contributed by atoms with Gasteiger partial charge in [0, 0.05) is 38.6 Å². The molecular formula is C14H16N2S. The summed E-state index contributed by atoms with van der Waals surface area (Å²) in [6, 6.07) is 10.3. The van der Waals surface area contributed by atoms with Crippen LogP contribution in [0.5, 0.6) is 0 Å². The molecule has 2 rings (SSSR count). The van der Waals surface area contributed by atoms with E-state index >= 15 is 0 Å². The van der Waals surface area contributed by atoms with Gasteiger partial charge in [-0.3, -0.25) is 0 Å². The van der Waals surface area contributed by atoms with E-state index in [1.165, 1.54) is 5.56 Å². The summed E-state index contributed by atoms with van der Waals surface area (Å²) < 4.78 is 0. The molecule has 0 amide bonds. The molecule has 0 radical (unpaired) electrons. The first kappa shape index (κ1) is 11.9. The van der Waals surface area contributed by atoms with Crippen molar-refractivity contribution in [1.29, 1.82) is 0 Å². The maximum atomic E-state index is 5.44. The van der Waals surface area contributed by atoms with Crippen molar-refractivity contribution in [3.8, 4) is 0 Å². The fourth-order valence-electron chi connectivity index (χ4n) is 1.87. The number of hydrogen-bond donors (Lipinski definition) is 0. The smallest absolute Gasteiger partial charge is 0.114 e. The van der Waals surface area contributed by atoms with Crippen molar-refractivity contribution >= 4 is 22.9 Å². The molecule has 17 heavy (non-hydrogen) atoms. The van der Waals surface area contributed by atoms with E-state index in [2.05, 4.69) is 29.3 Å². The van der Waals surface area contributed by atoms with E-state index in [1.54, 1.807) is 0 Å². The van der Waals surface area contributed by atoms with E-state index in [0.29, 0.717) is 0 Å². The molecule has 0 aliphatic carbocycles. The second-order valence-electron chi connectivity index (χ2n) is 4.31. The lowest BCUT2D eigenvalue weighted by atomic mass is 10.1. The van der Waals surface area contributed by atoms with Gasteiger partial charge in [0.05, 0.1) is 0 Å². The van der Waals surface area contributed by atoms with Crippen LogP contribution in [0.3, 0.4) is 0 Å². The van der Waals surface area contributed by atoms with Crippen molar-refractivity contribution in [2.45, 2.75) is 0 Å². The van der Waals surface area contributed by atoms with Crippen molar-refractivity contribution in [1.82, 2.24) is 9.80 Å². The van der Waals surface area contributed by atoms with E-state index in [9.17, 15) is 0 Å². The highest BCUT2D eigenvalue weighted by Crippen LogP contribution is 2.28. The van der Waals surface area contributed by atoms with Gasteiger partial charge in [-0.15, -0.1) is 0 Å². The van der Waals surface area contributed by atoms with Crippen LogP contribution >= 0.6 is 12.2 Å². The van der Waals surface area contributed by atoms with Crippen LogP contribution in [0, 0.1) is 0 Å². The highest BCUT2D eigenvalue weighted by molar-refractivity contribution is 7.80. The number of rotatable bonds is 2. The minimum Gasteiger partial charge on any atom is -0.383 e. The molecule has 0 spiro atoms. The highest BCUT2D eigenvalue weighted by atomic mass is 32.1. The highest BCUT2D eigenvalue weighted by Gasteiger charge is 2.22. The molecule has 1 aliphatic rings. The molecule has 1 aliphatic heterocycles. The first-order chi connectivity index (χ1) is 8.09. The van der Waals surface area contributed by atoms with Gasteiger partial charge in [0.1, 0.15) is 4.99 Å². The zero-order valence-corrected chi connectivity index (χ0v) is 11.2. The number of likely N-dealkylation sites (N-methyl/N-ethyl adjacent to an activating group) is 1. The third-order valence-corrected chi connectivity index (χ3v) is 3.18. The molecule has 88 valence electrons. The molecule has 2 nitrogen and oxygen atoms in total. The van der Waals surface area contributed by atoms with E-state index in [0.717, 1.165) is 16.3 Å². The van der Waals surface area contributed by atoms with Crippen LogP contribution in [0.2, 0.25) is 0 Å². The minimum atomic E-state index is 0.873. The Kier molecular flexibility index (Phi) is 3.29. The molecule has 0 aromatic heterocycles. The quantitative estimate of drug-likeness (QED) is 0.583. The molecule has 0 fully saturated rings. The zero-order chi connectivity index (χ0) is 12.4. The predicted molar refractivity (Wildman–Crippen MR) is 76.6 cm³/mol. The summed E-state index contributed by atoms with van der Waals surface area (Å²) in [5.41, 5.74) is 3.44. The normalized spacial score (nSPS) is 17.6. The van der Waals surface area contributed by atoms with Crippen LogP contribution in [0.1, 0.15) is 5.56 Å². The Morgan fingerprint density at radius 2 is 1.82 bits per heavy atom. The number of thiocarbonyl (C=S) groups is 1. The number of hydrogen-bond acceptors (Lipinski definition) is 2. The first-order valence-electron chi connectivity index (χ1n) is 5.53. The fourth-order valence-corrected chi connectivity index (χ4v) is 2.08. The van der Waals surface area contributed by atoms with Crippen LogP contribution in [-0.2, 0) is 0 Å². The summed E-state index contributed by atoms with van der Waals surface area (Å²) in [5.74, 6) is 0. The summed E-state index contributed by atoms with van der Waals surface area (Å²) in [6.07, 6.45) is 4.19. The summed E-state index contributed by atoms with van der Waals surface area (Å²) in [5, 5.41) is 0. The Hall–Kier alpha value is -1.61. The molecule has 1 heterocycles. The van der Waals surface area contributed by atoms with E-state index < -0.39 is 0 Å². The lowest BCUT2D eigenvalue weighted by Crippen LogP contribution is -2.19. The van der Waals surface area contributed by atoms with Crippen LogP contribution in [0.25, 0.3) is 5.70 Å². The summed E-state index contributed by atoms with van der Waals surface area (Å²) in [4.78, 5) is 4.94. The molecule has 3 heteroatoms. The van der Waals surface area contributed by atoms with Crippen LogP contribution < -0.4 is 0 Å². The van der Waals surface area contributed by atoms with E-state index in [4.69, 9.17) is 12.2 Å². The van der Waals surface area contributed by atoms with Gasteiger partial charge in [0.2, 0.25) is 0 Å². The number of nitrogens with zero attached hydrogens (tertiary/aromatic N) is 2. The Balaban J connectivity index is 2.40. The van der Waals surface area contributed by atoms with Gasteiger partial charge in [-0.2, -0.15) is 0 Å². The second kappa shape index (κ2) is 4.72. The maximum absolute atomic E-state index is 5.44. The van der Waals surface area contributed by atoms with Crippen molar-refractivity contribution < 1.29 is 0 Å².